The van der Waals surface area contributed by atoms with E-state index in [1.807, 2.05) is 55.1 Å². The molecule has 1 amide bonds. The minimum atomic E-state index is -0.0359. The highest BCUT2D eigenvalue weighted by Crippen LogP contribution is 2.22. The Morgan fingerprint density at radius 1 is 1.24 bits per heavy atom. The van der Waals surface area contributed by atoms with E-state index >= 15 is 0 Å². The molecule has 1 aromatic carbocycles. The van der Waals surface area contributed by atoms with Crippen LogP contribution in [-0.2, 0) is 6.54 Å². The first-order valence-electron chi connectivity index (χ1n) is 7.85. The van der Waals surface area contributed by atoms with Crippen LogP contribution in [0.3, 0.4) is 0 Å². The van der Waals surface area contributed by atoms with E-state index in [0.717, 1.165) is 32.2 Å². The van der Waals surface area contributed by atoms with Gasteiger partial charge in [0, 0.05) is 22.6 Å². The number of halogens is 1. The molecule has 3 rings (SSSR count). The van der Waals surface area contributed by atoms with Crippen molar-refractivity contribution in [1.82, 2.24) is 19.7 Å². The average molecular weight is 419 g/mol. The van der Waals surface area contributed by atoms with Crippen molar-refractivity contribution >= 4 is 33.2 Å². The second kappa shape index (κ2) is 7.09. The van der Waals surface area contributed by atoms with Gasteiger partial charge in [-0.2, -0.15) is 5.10 Å². The topological polar surface area (TPSA) is 51.0 Å². The summed E-state index contributed by atoms with van der Waals surface area (Å²) in [6, 6.07) is 7.87. The summed E-state index contributed by atoms with van der Waals surface area (Å²) in [5, 5.41) is 7.50. The van der Waals surface area contributed by atoms with Crippen molar-refractivity contribution in [1.29, 1.82) is 0 Å². The molecule has 0 aliphatic carbocycles. The number of aromatic nitrogens is 3. The first kappa shape index (κ1) is 17.8. The second-order valence-electron chi connectivity index (χ2n) is 5.98. The van der Waals surface area contributed by atoms with Crippen molar-refractivity contribution < 1.29 is 4.79 Å². The molecule has 3 aromatic rings. The molecule has 0 saturated carbocycles. The van der Waals surface area contributed by atoms with E-state index in [4.69, 9.17) is 0 Å². The number of aryl methyl sites for hydroxylation is 2. The van der Waals surface area contributed by atoms with Crippen molar-refractivity contribution in [3.8, 4) is 5.69 Å². The highest BCUT2D eigenvalue weighted by atomic mass is 79.9. The summed E-state index contributed by atoms with van der Waals surface area (Å²) in [6.07, 6.45) is 0. The maximum atomic E-state index is 12.9. The summed E-state index contributed by atoms with van der Waals surface area (Å²) in [7, 11) is 1.80. The summed E-state index contributed by atoms with van der Waals surface area (Å²) < 4.78 is 2.82. The van der Waals surface area contributed by atoms with Crippen LogP contribution in [0.5, 0.6) is 0 Å². The number of hydrogen-bond donors (Lipinski definition) is 0. The first-order chi connectivity index (χ1) is 11.9. The normalized spacial score (nSPS) is 10.9. The van der Waals surface area contributed by atoms with Crippen LogP contribution in [0.15, 0.2) is 34.1 Å². The Morgan fingerprint density at radius 3 is 2.52 bits per heavy atom. The van der Waals surface area contributed by atoms with Gasteiger partial charge in [-0.3, -0.25) is 4.79 Å². The maximum Gasteiger partial charge on any atom is 0.257 e. The number of hydrogen-bond acceptors (Lipinski definition) is 4. The van der Waals surface area contributed by atoms with Gasteiger partial charge in [-0.25, -0.2) is 9.67 Å². The van der Waals surface area contributed by atoms with Crippen molar-refractivity contribution in [2.24, 2.45) is 0 Å². The molecule has 130 valence electrons. The van der Waals surface area contributed by atoms with E-state index in [1.54, 1.807) is 23.3 Å². The first-order valence-corrected chi connectivity index (χ1v) is 9.52. The number of nitrogens with zero attached hydrogens (tertiary/aromatic N) is 4. The van der Waals surface area contributed by atoms with Gasteiger partial charge in [-0.1, -0.05) is 15.9 Å². The molecule has 0 saturated heterocycles. The Balaban J connectivity index is 1.89. The largest absolute Gasteiger partial charge is 0.335 e. The number of thiazole rings is 1. The Bertz CT molecular complexity index is 914. The molecule has 2 heterocycles. The van der Waals surface area contributed by atoms with Gasteiger partial charge in [0.25, 0.3) is 5.91 Å². The quantitative estimate of drug-likeness (QED) is 0.634. The number of carbonyl (C=O) groups excluding carboxylic acids is 1. The molecule has 0 N–H and O–H groups in total. The fourth-order valence-corrected chi connectivity index (χ4v) is 3.82. The number of rotatable bonds is 4. The third-order valence-electron chi connectivity index (χ3n) is 3.96. The smallest absolute Gasteiger partial charge is 0.257 e. The molecule has 0 bridgehead atoms. The monoisotopic (exact) mass is 418 g/mol. The standard InChI is InChI=1S/C18H19BrN4OS/c1-11-10-25-16(20-11)9-22(4)18(24)17-12(2)21-23(13(17)3)15-7-5-14(19)6-8-15/h5-8,10H,9H2,1-4H3. The van der Waals surface area contributed by atoms with Crippen LogP contribution < -0.4 is 0 Å². The van der Waals surface area contributed by atoms with Gasteiger partial charge in [0.05, 0.1) is 29.2 Å². The van der Waals surface area contributed by atoms with Crippen LogP contribution in [0.1, 0.15) is 32.4 Å². The lowest BCUT2D eigenvalue weighted by molar-refractivity contribution is 0.0783. The van der Waals surface area contributed by atoms with E-state index in [1.165, 1.54) is 0 Å². The zero-order valence-electron chi connectivity index (χ0n) is 14.6. The lowest BCUT2D eigenvalue weighted by atomic mass is 10.1. The van der Waals surface area contributed by atoms with Crippen LogP contribution in [-0.4, -0.2) is 32.6 Å². The molecular formula is C18H19BrN4OS. The minimum absolute atomic E-state index is 0.0359. The van der Waals surface area contributed by atoms with Gasteiger partial charge in [0.15, 0.2) is 0 Å². The van der Waals surface area contributed by atoms with Crippen molar-refractivity contribution in [3.63, 3.8) is 0 Å². The minimum Gasteiger partial charge on any atom is -0.335 e. The fourth-order valence-electron chi connectivity index (χ4n) is 2.73. The van der Waals surface area contributed by atoms with E-state index < -0.39 is 0 Å². The Labute approximate surface area is 159 Å². The van der Waals surface area contributed by atoms with Gasteiger partial charge in [0.1, 0.15) is 5.01 Å². The average Bonchev–Trinajstić information content (AvgIpc) is 3.10. The van der Waals surface area contributed by atoms with Crippen LogP contribution >= 0.6 is 27.3 Å². The molecule has 0 aliphatic heterocycles. The molecule has 0 radical (unpaired) electrons. The van der Waals surface area contributed by atoms with Gasteiger partial charge in [0.2, 0.25) is 0 Å². The highest BCUT2D eigenvalue weighted by Gasteiger charge is 2.23. The molecular weight excluding hydrogens is 400 g/mol. The van der Waals surface area contributed by atoms with E-state index in [-0.39, 0.29) is 5.91 Å². The Kier molecular flexibility index (Phi) is 5.06. The molecule has 0 atom stereocenters. The summed E-state index contributed by atoms with van der Waals surface area (Å²) in [5.74, 6) is -0.0359. The number of benzene rings is 1. The molecule has 0 aliphatic rings. The van der Waals surface area contributed by atoms with Crippen LogP contribution in [0, 0.1) is 20.8 Å². The highest BCUT2D eigenvalue weighted by molar-refractivity contribution is 9.10. The summed E-state index contributed by atoms with van der Waals surface area (Å²) in [5.41, 5.74) is 4.13. The molecule has 0 spiro atoms. The maximum absolute atomic E-state index is 12.9. The zero-order chi connectivity index (χ0) is 18.1. The lowest BCUT2D eigenvalue weighted by Gasteiger charge is -2.16. The third-order valence-corrected chi connectivity index (χ3v) is 5.44. The van der Waals surface area contributed by atoms with Crippen molar-refractivity contribution in [2.75, 3.05) is 7.05 Å². The van der Waals surface area contributed by atoms with Crippen LogP contribution in [0.4, 0.5) is 0 Å². The SMILES string of the molecule is Cc1csc(CN(C)C(=O)c2c(C)nn(-c3ccc(Br)cc3)c2C)n1. The Morgan fingerprint density at radius 2 is 1.92 bits per heavy atom. The van der Waals surface area contributed by atoms with Gasteiger partial charge < -0.3 is 4.90 Å². The van der Waals surface area contributed by atoms with E-state index in [9.17, 15) is 4.79 Å². The predicted octanol–water partition coefficient (Wildman–Crippen LogP) is 4.29. The van der Waals surface area contributed by atoms with Crippen LogP contribution in [0.25, 0.3) is 5.69 Å². The fraction of sp³-hybridized carbons (Fsp3) is 0.278. The summed E-state index contributed by atoms with van der Waals surface area (Å²) >= 11 is 5.01. The molecule has 5 nitrogen and oxygen atoms in total. The van der Waals surface area contributed by atoms with E-state index in [0.29, 0.717) is 12.1 Å². The predicted molar refractivity (Wildman–Crippen MR) is 103 cm³/mol. The lowest BCUT2D eigenvalue weighted by Crippen LogP contribution is -2.27. The second-order valence-corrected chi connectivity index (χ2v) is 7.84. The van der Waals surface area contributed by atoms with Gasteiger partial charge in [-0.05, 0) is 45.0 Å². The third kappa shape index (κ3) is 3.67. The summed E-state index contributed by atoms with van der Waals surface area (Å²) in [6.45, 7) is 6.26. The molecule has 2 aromatic heterocycles. The molecule has 0 unspecified atom stereocenters. The zero-order valence-corrected chi connectivity index (χ0v) is 17.0. The van der Waals surface area contributed by atoms with Crippen LogP contribution in [0.2, 0.25) is 0 Å². The van der Waals surface area contributed by atoms with Gasteiger partial charge >= 0.3 is 0 Å². The van der Waals surface area contributed by atoms with Crippen molar-refractivity contribution in [2.45, 2.75) is 27.3 Å². The van der Waals surface area contributed by atoms with Crippen molar-refractivity contribution in [3.05, 3.63) is 61.8 Å². The number of carbonyl (C=O) groups is 1. The number of amides is 1. The molecule has 7 heteroatoms. The molecule has 0 fully saturated rings. The summed E-state index contributed by atoms with van der Waals surface area (Å²) in [4.78, 5) is 19.1. The molecule has 25 heavy (non-hydrogen) atoms. The van der Waals surface area contributed by atoms with Gasteiger partial charge in [-0.15, -0.1) is 11.3 Å². The Hall–Kier alpha value is -1.99. The van der Waals surface area contributed by atoms with E-state index in [2.05, 4.69) is 26.0 Å².